The Morgan fingerprint density at radius 1 is 1.35 bits per heavy atom. The van der Waals surface area contributed by atoms with Crippen LogP contribution >= 0.6 is 0 Å². The van der Waals surface area contributed by atoms with Crippen molar-refractivity contribution in [1.29, 1.82) is 0 Å². The second-order valence-corrected chi connectivity index (χ2v) is 4.57. The van der Waals surface area contributed by atoms with Gasteiger partial charge in [-0.2, -0.15) is 0 Å². The lowest BCUT2D eigenvalue weighted by Crippen LogP contribution is -2.27. The summed E-state index contributed by atoms with van der Waals surface area (Å²) in [6.07, 6.45) is 0.879. The number of rotatable bonds is 3. The summed E-state index contributed by atoms with van der Waals surface area (Å²) in [5.74, 6) is -0.128. The average Bonchev–Trinajstić information content (AvgIpc) is 3.01. The van der Waals surface area contributed by atoms with E-state index in [2.05, 4.69) is 10.1 Å². The highest BCUT2D eigenvalue weighted by molar-refractivity contribution is 5.94. The van der Waals surface area contributed by atoms with Crippen molar-refractivity contribution in [2.45, 2.75) is 18.9 Å². The minimum Gasteiger partial charge on any atom is -0.452 e. The van der Waals surface area contributed by atoms with Crippen molar-refractivity contribution in [3.63, 3.8) is 0 Å². The molecule has 1 aromatic rings. The lowest BCUT2D eigenvalue weighted by molar-refractivity contribution is -0.124. The van der Waals surface area contributed by atoms with Gasteiger partial charge in [-0.05, 0) is 37.1 Å². The van der Waals surface area contributed by atoms with E-state index in [4.69, 9.17) is 4.74 Å². The SMILES string of the molecule is COC(=O)N(C)c1ccc(NC(=O)[C@H]2CCCO2)cc1. The number of carbonyl (C=O) groups is 2. The first-order chi connectivity index (χ1) is 9.61. The fourth-order valence-electron chi connectivity index (χ4n) is 2.02. The van der Waals surface area contributed by atoms with E-state index in [1.54, 1.807) is 31.3 Å². The van der Waals surface area contributed by atoms with Crippen molar-refractivity contribution in [3.05, 3.63) is 24.3 Å². The van der Waals surface area contributed by atoms with Gasteiger partial charge in [-0.15, -0.1) is 0 Å². The number of hydrogen-bond donors (Lipinski definition) is 1. The lowest BCUT2D eigenvalue weighted by atomic mass is 10.2. The number of methoxy groups -OCH3 is 1. The number of carbonyl (C=O) groups excluding carboxylic acids is 2. The first kappa shape index (κ1) is 14.3. The van der Waals surface area contributed by atoms with Crippen molar-refractivity contribution >= 4 is 23.4 Å². The lowest BCUT2D eigenvalue weighted by Gasteiger charge is -2.16. The highest BCUT2D eigenvalue weighted by atomic mass is 16.5. The molecule has 0 spiro atoms. The molecule has 1 aliphatic heterocycles. The Morgan fingerprint density at radius 3 is 2.60 bits per heavy atom. The van der Waals surface area contributed by atoms with Crippen LogP contribution in [0.25, 0.3) is 0 Å². The summed E-state index contributed by atoms with van der Waals surface area (Å²) in [6.45, 7) is 0.640. The average molecular weight is 278 g/mol. The normalized spacial score (nSPS) is 17.6. The highest BCUT2D eigenvalue weighted by Crippen LogP contribution is 2.19. The van der Waals surface area contributed by atoms with Crippen LogP contribution in [0.2, 0.25) is 0 Å². The summed E-state index contributed by atoms with van der Waals surface area (Å²) in [5.41, 5.74) is 1.36. The minimum atomic E-state index is -0.443. The van der Waals surface area contributed by atoms with Crippen molar-refractivity contribution in [2.75, 3.05) is 31.0 Å². The molecule has 1 N–H and O–H groups in total. The fraction of sp³-hybridized carbons (Fsp3) is 0.429. The number of benzene rings is 1. The zero-order valence-electron chi connectivity index (χ0n) is 11.6. The smallest absolute Gasteiger partial charge is 0.413 e. The monoisotopic (exact) mass is 278 g/mol. The molecule has 1 saturated heterocycles. The Labute approximate surface area is 117 Å². The second kappa shape index (κ2) is 6.38. The Morgan fingerprint density at radius 2 is 2.05 bits per heavy atom. The Kier molecular flexibility index (Phi) is 4.57. The molecule has 0 radical (unpaired) electrons. The van der Waals surface area contributed by atoms with E-state index in [0.717, 1.165) is 12.8 Å². The van der Waals surface area contributed by atoms with E-state index in [0.29, 0.717) is 18.0 Å². The molecule has 1 atom stereocenters. The molecule has 1 aliphatic rings. The van der Waals surface area contributed by atoms with Crippen LogP contribution < -0.4 is 10.2 Å². The van der Waals surface area contributed by atoms with Crippen molar-refractivity contribution in [3.8, 4) is 0 Å². The van der Waals surface area contributed by atoms with Crippen LogP contribution in [-0.2, 0) is 14.3 Å². The van der Waals surface area contributed by atoms with Gasteiger partial charge < -0.3 is 14.8 Å². The molecule has 0 aromatic heterocycles. The Hall–Kier alpha value is -2.08. The van der Waals surface area contributed by atoms with Crippen molar-refractivity contribution in [1.82, 2.24) is 0 Å². The maximum atomic E-state index is 11.9. The van der Waals surface area contributed by atoms with Gasteiger partial charge in [0, 0.05) is 25.0 Å². The van der Waals surface area contributed by atoms with Gasteiger partial charge in [-0.1, -0.05) is 0 Å². The Bertz CT molecular complexity index is 480. The van der Waals surface area contributed by atoms with Gasteiger partial charge in [-0.25, -0.2) is 4.79 Å². The van der Waals surface area contributed by atoms with Crippen LogP contribution in [0.1, 0.15) is 12.8 Å². The summed E-state index contributed by atoms with van der Waals surface area (Å²) in [4.78, 5) is 24.6. The van der Waals surface area contributed by atoms with Gasteiger partial charge in [-0.3, -0.25) is 9.69 Å². The third-order valence-corrected chi connectivity index (χ3v) is 3.19. The zero-order valence-corrected chi connectivity index (χ0v) is 11.6. The number of ether oxygens (including phenoxy) is 2. The van der Waals surface area contributed by atoms with Gasteiger partial charge in [0.2, 0.25) is 0 Å². The van der Waals surface area contributed by atoms with Gasteiger partial charge in [0.1, 0.15) is 6.10 Å². The molecule has 1 heterocycles. The number of anilines is 2. The zero-order chi connectivity index (χ0) is 14.5. The van der Waals surface area contributed by atoms with Gasteiger partial charge in [0.15, 0.2) is 0 Å². The predicted molar refractivity (Wildman–Crippen MR) is 74.9 cm³/mol. The van der Waals surface area contributed by atoms with Crippen molar-refractivity contribution in [2.24, 2.45) is 0 Å². The third kappa shape index (κ3) is 3.27. The standard InChI is InChI=1S/C14H18N2O4/c1-16(14(18)19-2)11-7-5-10(6-8-11)15-13(17)12-4-3-9-20-12/h5-8,12H,3-4,9H2,1-2H3,(H,15,17)/t12-/m1/s1. The number of hydrogen-bond acceptors (Lipinski definition) is 4. The molecule has 0 saturated carbocycles. The quantitative estimate of drug-likeness (QED) is 0.918. The largest absolute Gasteiger partial charge is 0.452 e. The first-order valence-electron chi connectivity index (χ1n) is 6.46. The van der Waals surface area contributed by atoms with Crippen LogP contribution in [0.5, 0.6) is 0 Å². The van der Waals surface area contributed by atoms with Crippen LogP contribution in [0.4, 0.5) is 16.2 Å². The highest BCUT2D eigenvalue weighted by Gasteiger charge is 2.23. The van der Waals surface area contributed by atoms with Gasteiger partial charge in [0.05, 0.1) is 7.11 Å². The second-order valence-electron chi connectivity index (χ2n) is 4.57. The maximum Gasteiger partial charge on any atom is 0.413 e. The summed E-state index contributed by atoms with van der Waals surface area (Å²) < 4.78 is 9.94. The summed E-state index contributed by atoms with van der Waals surface area (Å²) >= 11 is 0. The predicted octanol–water partition coefficient (Wildman–Crippen LogP) is 2.01. The van der Waals surface area contributed by atoms with Crippen LogP contribution in [0, 0.1) is 0 Å². The van der Waals surface area contributed by atoms with E-state index >= 15 is 0 Å². The van der Waals surface area contributed by atoms with Crippen molar-refractivity contribution < 1.29 is 19.1 Å². The summed E-state index contributed by atoms with van der Waals surface area (Å²) in [7, 11) is 2.95. The van der Waals surface area contributed by atoms with Gasteiger partial charge >= 0.3 is 6.09 Å². The topological polar surface area (TPSA) is 67.9 Å². The summed E-state index contributed by atoms with van der Waals surface area (Å²) in [5, 5.41) is 2.79. The number of nitrogens with one attached hydrogen (secondary N) is 1. The van der Waals surface area contributed by atoms with Crippen LogP contribution in [0.3, 0.4) is 0 Å². The van der Waals surface area contributed by atoms with Crippen LogP contribution in [0.15, 0.2) is 24.3 Å². The third-order valence-electron chi connectivity index (χ3n) is 3.19. The van der Waals surface area contributed by atoms with E-state index < -0.39 is 6.09 Å². The van der Waals surface area contributed by atoms with E-state index in [1.165, 1.54) is 12.0 Å². The molecular weight excluding hydrogens is 260 g/mol. The van der Waals surface area contributed by atoms with Crippen LogP contribution in [-0.4, -0.2) is 38.9 Å². The van der Waals surface area contributed by atoms with E-state index in [9.17, 15) is 9.59 Å². The molecule has 6 nitrogen and oxygen atoms in total. The molecule has 6 heteroatoms. The molecule has 20 heavy (non-hydrogen) atoms. The number of amides is 2. The number of nitrogens with zero attached hydrogens (tertiary/aromatic N) is 1. The Balaban J connectivity index is 1.97. The molecule has 1 aromatic carbocycles. The molecular formula is C14H18N2O4. The molecule has 0 unspecified atom stereocenters. The molecule has 108 valence electrons. The first-order valence-corrected chi connectivity index (χ1v) is 6.46. The molecule has 2 rings (SSSR count). The fourth-order valence-corrected chi connectivity index (χ4v) is 2.02. The van der Waals surface area contributed by atoms with Gasteiger partial charge in [0.25, 0.3) is 5.91 Å². The van der Waals surface area contributed by atoms with E-state index in [1.807, 2.05) is 0 Å². The maximum absolute atomic E-state index is 11.9. The molecule has 0 bridgehead atoms. The summed E-state index contributed by atoms with van der Waals surface area (Å²) in [6, 6.07) is 6.95. The van der Waals surface area contributed by atoms with E-state index in [-0.39, 0.29) is 12.0 Å². The molecule has 0 aliphatic carbocycles. The molecule has 1 fully saturated rings. The minimum absolute atomic E-state index is 0.128. The molecule has 2 amide bonds.